The van der Waals surface area contributed by atoms with Crippen molar-refractivity contribution in [2.24, 2.45) is 5.41 Å². The third-order valence-electron chi connectivity index (χ3n) is 6.44. The minimum Gasteiger partial charge on any atom is -0.483 e. The summed E-state index contributed by atoms with van der Waals surface area (Å²) in [5, 5.41) is 6.89. The van der Waals surface area contributed by atoms with Crippen molar-refractivity contribution in [3.63, 3.8) is 0 Å². The fraction of sp³-hybridized carbons (Fsp3) is 0.423. The number of likely N-dealkylation sites (tertiary alicyclic amines) is 1. The summed E-state index contributed by atoms with van der Waals surface area (Å²) in [6.45, 7) is 1.69. The Morgan fingerprint density at radius 1 is 1.09 bits per heavy atom. The van der Waals surface area contributed by atoms with E-state index in [1.54, 1.807) is 0 Å². The zero-order chi connectivity index (χ0) is 23.8. The number of likely N-dealkylation sites (N-methyl/N-ethyl adjacent to an activating group) is 1. The molecule has 0 aliphatic carbocycles. The Morgan fingerprint density at radius 3 is 2.03 bits per heavy atom. The van der Waals surface area contributed by atoms with E-state index in [0.717, 1.165) is 24.1 Å². The van der Waals surface area contributed by atoms with Crippen LogP contribution in [-0.2, 0) is 19.1 Å². The SMILES string of the molecule is CN(C)CC1CC2(CCN(C(=O)C(c3ccccc3)c3ccccc3)CC2)C(=O)O1.O=CO. The van der Waals surface area contributed by atoms with Crippen molar-refractivity contribution < 1.29 is 24.2 Å². The highest BCUT2D eigenvalue weighted by Crippen LogP contribution is 2.43. The molecule has 2 fully saturated rings. The molecule has 1 atom stereocenters. The second-order valence-corrected chi connectivity index (χ2v) is 8.96. The molecule has 7 nitrogen and oxygen atoms in total. The molecule has 0 aromatic heterocycles. The molecule has 0 bridgehead atoms. The molecular weight excluding hydrogens is 420 g/mol. The summed E-state index contributed by atoms with van der Waals surface area (Å²) in [4.78, 5) is 38.6. The van der Waals surface area contributed by atoms with Gasteiger partial charge in [0.25, 0.3) is 6.47 Å². The molecule has 33 heavy (non-hydrogen) atoms. The lowest BCUT2D eigenvalue weighted by atomic mass is 9.75. The number of carbonyl (C=O) groups excluding carboxylic acids is 2. The van der Waals surface area contributed by atoms with Crippen molar-refractivity contribution in [3.05, 3.63) is 71.8 Å². The van der Waals surface area contributed by atoms with Gasteiger partial charge >= 0.3 is 5.97 Å². The number of rotatable bonds is 5. The van der Waals surface area contributed by atoms with E-state index in [0.29, 0.717) is 25.9 Å². The van der Waals surface area contributed by atoms with Gasteiger partial charge in [0.15, 0.2) is 0 Å². The molecule has 2 heterocycles. The Labute approximate surface area is 195 Å². The second kappa shape index (κ2) is 11.1. The molecule has 0 saturated carbocycles. The molecule has 4 rings (SSSR count). The molecule has 7 heteroatoms. The molecule has 2 aliphatic heterocycles. The molecule has 1 amide bonds. The molecule has 176 valence electrons. The van der Waals surface area contributed by atoms with E-state index < -0.39 is 5.41 Å². The number of hydrogen-bond acceptors (Lipinski definition) is 5. The lowest BCUT2D eigenvalue weighted by Gasteiger charge is -2.38. The van der Waals surface area contributed by atoms with Crippen LogP contribution in [0.3, 0.4) is 0 Å². The number of carboxylic acid groups (broad SMARTS) is 1. The van der Waals surface area contributed by atoms with Crippen LogP contribution in [0.1, 0.15) is 36.3 Å². The van der Waals surface area contributed by atoms with Crippen molar-refractivity contribution in [2.45, 2.75) is 31.3 Å². The highest BCUT2D eigenvalue weighted by Gasteiger charge is 2.51. The van der Waals surface area contributed by atoms with Crippen molar-refractivity contribution >= 4 is 18.3 Å². The van der Waals surface area contributed by atoms with Crippen LogP contribution in [0.2, 0.25) is 0 Å². The number of nitrogens with zero attached hydrogens (tertiary/aromatic N) is 2. The Morgan fingerprint density at radius 2 is 1.58 bits per heavy atom. The molecule has 2 aliphatic rings. The van der Waals surface area contributed by atoms with Gasteiger partial charge in [-0.3, -0.25) is 14.4 Å². The third kappa shape index (κ3) is 5.79. The van der Waals surface area contributed by atoms with Crippen LogP contribution in [0.15, 0.2) is 60.7 Å². The van der Waals surface area contributed by atoms with Gasteiger partial charge in [-0.05, 0) is 38.1 Å². The monoisotopic (exact) mass is 452 g/mol. The topological polar surface area (TPSA) is 87.2 Å². The number of hydrogen-bond donors (Lipinski definition) is 1. The van der Waals surface area contributed by atoms with Crippen molar-refractivity contribution in [1.29, 1.82) is 0 Å². The Bertz CT molecular complexity index is 885. The molecular formula is C26H32N2O5. The summed E-state index contributed by atoms with van der Waals surface area (Å²) >= 11 is 0. The maximum Gasteiger partial charge on any atom is 0.312 e. The molecule has 1 N–H and O–H groups in total. The lowest BCUT2D eigenvalue weighted by Crippen LogP contribution is -2.46. The van der Waals surface area contributed by atoms with Gasteiger partial charge in [-0.25, -0.2) is 0 Å². The van der Waals surface area contributed by atoms with Gasteiger partial charge in [0, 0.05) is 26.1 Å². The van der Waals surface area contributed by atoms with Crippen LogP contribution < -0.4 is 0 Å². The summed E-state index contributed by atoms with van der Waals surface area (Å²) in [5.74, 6) is -0.291. The highest BCUT2D eigenvalue weighted by atomic mass is 16.6. The Balaban J connectivity index is 0.000000968. The molecule has 2 saturated heterocycles. The summed E-state index contributed by atoms with van der Waals surface area (Å²) in [6.07, 6.45) is 2.07. The molecule has 0 radical (unpaired) electrons. The highest BCUT2D eigenvalue weighted by molar-refractivity contribution is 5.88. The predicted molar refractivity (Wildman–Crippen MR) is 125 cm³/mol. The quantitative estimate of drug-likeness (QED) is 0.554. The Hall–Kier alpha value is -3.19. The fourth-order valence-electron chi connectivity index (χ4n) is 4.86. The van der Waals surface area contributed by atoms with Gasteiger partial charge in [0.1, 0.15) is 6.10 Å². The lowest BCUT2D eigenvalue weighted by molar-refractivity contribution is -0.152. The maximum absolute atomic E-state index is 13.6. The summed E-state index contributed by atoms with van der Waals surface area (Å²) < 4.78 is 5.66. The van der Waals surface area contributed by atoms with Crippen LogP contribution in [0.4, 0.5) is 0 Å². The number of piperidine rings is 1. The molecule has 1 unspecified atom stereocenters. The van der Waals surface area contributed by atoms with E-state index in [1.165, 1.54) is 0 Å². The first kappa shape index (κ1) is 24.5. The van der Waals surface area contributed by atoms with Gasteiger partial charge in [-0.15, -0.1) is 0 Å². The zero-order valence-corrected chi connectivity index (χ0v) is 19.2. The maximum atomic E-state index is 13.6. The van der Waals surface area contributed by atoms with Crippen molar-refractivity contribution in [3.8, 4) is 0 Å². The molecule has 2 aromatic carbocycles. The van der Waals surface area contributed by atoms with E-state index in [1.807, 2.05) is 79.7 Å². The minimum atomic E-state index is -0.424. The number of ether oxygens (including phenoxy) is 1. The number of carbonyl (C=O) groups is 3. The van der Waals surface area contributed by atoms with E-state index in [2.05, 4.69) is 4.90 Å². The van der Waals surface area contributed by atoms with Gasteiger partial charge in [-0.1, -0.05) is 60.7 Å². The second-order valence-electron chi connectivity index (χ2n) is 8.96. The minimum absolute atomic E-state index is 0.0452. The largest absolute Gasteiger partial charge is 0.483 e. The fourth-order valence-corrected chi connectivity index (χ4v) is 4.86. The average Bonchev–Trinajstić information content (AvgIpc) is 3.09. The zero-order valence-electron chi connectivity index (χ0n) is 19.2. The van der Waals surface area contributed by atoms with Gasteiger partial charge < -0.3 is 19.6 Å². The van der Waals surface area contributed by atoms with Crippen LogP contribution >= 0.6 is 0 Å². The van der Waals surface area contributed by atoms with Crippen LogP contribution in [-0.4, -0.2) is 73.1 Å². The van der Waals surface area contributed by atoms with E-state index in [4.69, 9.17) is 14.6 Å². The molecule has 1 spiro atoms. The number of esters is 1. The first-order valence-electron chi connectivity index (χ1n) is 11.2. The van der Waals surface area contributed by atoms with Crippen LogP contribution in [0.5, 0.6) is 0 Å². The van der Waals surface area contributed by atoms with Gasteiger partial charge in [-0.2, -0.15) is 0 Å². The first-order chi connectivity index (χ1) is 15.9. The third-order valence-corrected chi connectivity index (χ3v) is 6.44. The van der Waals surface area contributed by atoms with Crippen molar-refractivity contribution in [2.75, 3.05) is 33.7 Å². The number of amides is 1. The summed E-state index contributed by atoms with van der Waals surface area (Å²) in [7, 11) is 3.99. The van der Waals surface area contributed by atoms with E-state index >= 15 is 0 Å². The Kier molecular flexibility index (Phi) is 8.22. The smallest absolute Gasteiger partial charge is 0.312 e. The van der Waals surface area contributed by atoms with E-state index in [9.17, 15) is 9.59 Å². The van der Waals surface area contributed by atoms with Crippen molar-refractivity contribution in [1.82, 2.24) is 9.80 Å². The van der Waals surface area contributed by atoms with Gasteiger partial charge in [0.2, 0.25) is 5.91 Å². The average molecular weight is 453 g/mol. The molecule has 2 aromatic rings. The van der Waals surface area contributed by atoms with Crippen LogP contribution in [0.25, 0.3) is 0 Å². The van der Waals surface area contributed by atoms with Gasteiger partial charge in [0.05, 0.1) is 11.3 Å². The standard InChI is InChI=1S/C25H30N2O3.CH2O2/c1-26(2)18-21-17-25(24(29)30-21)13-15-27(16-14-25)23(28)22(19-9-5-3-6-10-19)20-11-7-4-8-12-20;2-1-3/h3-12,21-22H,13-18H2,1-2H3;1H,(H,2,3). The normalized spacial score (nSPS) is 19.2. The van der Waals surface area contributed by atoms with Crippen LogP contribution in [0, 0.1) is 5.41 Å². The summed E-state index contributed by atoms with van der Waals surface area (Å²) in [5.41, 5.74) is 1.58. The summed E-state index contributed by atoms with van der Waals surface area (Å²) in [6, 6.07) is 19.9. The number of benzene rings is 2. The predicted octanol–water partition coefficient (Wildman–Crippen LogP) is 3.01. The van der Waals surface area contributed by atoms with E-state index in [-0.39, 0.29) is 30.4 Å². The number of cyclic esters (lactones) is 1. The first-order valence-corrected chi connectivity index (χ1v) is 11.2.